The zero-order valence-electron chi connectivity index (χ0n) is 19.6. The summed E-state index contributed by atoms with van der Waals surface area (Å²) in [4.78, 5) is 26.3. The van der Waals surface area contributed by atoms with Crippen molar-refractivity contribution in [2.75, 3.05) is 23.8 Å². The van der Waals surface area contributed by atoms with E-state index in [-0.39, 0.29) is 24.1 Å². The quantitative estimate of drug-likeness (QED) is 0.332. The summed E-state index contributed by atoms with van der Waals surface area (Å²) in [5.41, 5.74) is 3.85. The van der Waals surface area contributed by atoms with Gasteiger partial charge in [0.05, 0.1) is 12.3 Å². The molecule has 2 aromatic rings. The molecule has 168 valence electrons. The van der Waals surface area contributed by atoms with E-state index in [1.54, 1.807) is 0 Å². The lowest BCUT2D eigenvalue weighted by atomic mass is 10.1. The third-order valence-electron chi connectivity index (χ3n) is 6.20. The molecule has 2 aromatic carbocycles. The van der Waals surface area contributed by atoms with Gasteiger partial charge in [-0.3, -0.25) is 4.79 Å². The van der Waals surface area contributed by atoms with Gasteiger partial charge in [0.1, 0.15) is 12.3 Å². The van der Waals surface area contributed by atoms with Gasteiger partial charge in [0.15, 0.2) is 6.16 Å². The van der Waals surface area contributed by atoms with Crippen LogP contribution in [0.15, 0.2) is 48.5 Å². The highest BCUT2D eigenvalue weighted by molar-refractivity contribution is 7.78. The summed E-state index contributed by atoms with van der Waals surface area (Å²) >= 11 is 0. The number of ether oxygens (including phenoxy) is 1. The molecule has 31 heavy (non-hydrogen) atoms. The summed E-state index contributed by atoms with van der Waals surface area (Å²) in [6.45, 7) is 10.7. The molecule has 2 rings (SSSR count). The number of rotatable bonds is 11. The molecule has 0 aliphatic heterocycles. The first-order valence-corrected chi connectivity index (χ1v) is 13.7. The van der Waals surface area contributed by atoms with Crippen molar-refractivity contribution in [3.63, 3.8) is 0 Å². The van der Waals surface area contributed by atoms with Crippen LogP contribution < -0.4 is 5.32 Å². The maximum atomic E-state index is 13.5. The van der Waals surface area contributed by atoms with E-state index < -0.39 is 7.26 Å². The monoisotopic (exact) mass is 442 g/mol. The highest BCUT2D eigenvalue weighted by atomic mass is 31.2. The Kier molecular flexibility index (Phi) is 9.71. The van der Waals surface area contributed by atoms with Crippen molar-refractivity contribution in [3.8, 4) is 0 Å². The van der Waals surface area contributed by atoms with E-state index in [1.165, 1.54) is 0 Å². The number of carbonyl (C=O) groups is 2. The molecule has 1 atom stereocenters. The summed E-state index contributed by atoms with van der Waals surface area (Å²) in [5.74, 6) is -0.144. The van der Waals surface area contributed by atoms with Crippen LogP contribution >= 0.6 is 7.26 Å². The average molecular weight is 443 g/mol. The van der Waals surface area contributed by atoms with Crippen molar-refractivity contribution >= 4 is 24.8 Å². The van der Waals surface area contributed by atoms with Crippen molar-refractivity contribution in [1.82, 2.24) is 0 Å². The molecule has 0 heterocycles. The Labute approximate surface area is 188 Å². The van der Waals surface area contributed by atoms with Gasteiger partial charge >= 0.3 is 5.97 Å². The van der Waals surface area contributed by atoms with E-state index in [2.05, 4.69) is 26.1 Å². The van der Waals surface area contributed by atoms with Crippen LogP contribution in [-0.2, 0) is 20.9 Å². The number of amides is 1. The first-order valence-electron chi connectivity index (χ1n) is 11.3. The molecule has 5 heteroatoms. The minimum absolute atomic E-state index is 0.0483. The number of para-hydroxylation sites is 1. The number of carbonyl (C=O) groups excluding carboxylic acids is 2. The van der Waals surface area contributed by atoms with Crippen molar-refractivity contribution in [3.05, 3.63) is 65.2 Å². The lowest BCUT2D eigenvalue weighted by molar-refractivity contribution is -0.141. The Hall–Kier alpha value is -2.19. The van der Waals surface area contributed by atoms with Crippen molar-refractivity contribution in [2.45, 2.75) is 59.7 Å². The fraction of sp³-hybridized carbons (Fsp3) is 0.462. The van der Waals surface area contributed by atoms with E-state index >= 15 is 0 Å². The molecule has 0 bridgehead atoms. The van der Waals surface area contributed by atoms with Crippen LogP contribution in [-0.4, -0.2) is 36.0 Å². The summed E-state index contributed by atoms with van der Waals surface area (Å²) in [7, 11) is -1.87. The van der Waals surface area contributed by atoms with Gasteiger partial charge in [-0.05, 0) is 50.8 Å². The molecular weight excluding hydrogens is 405 g/mol. The van der Waals surface area contributed by atoms with E-state index in [4.69, 9.17) is 4.74 Å². The molecule has 0 aliphatic carbocycles. The van der Waals surface area contributed by atoms with Gasteiger partial charge in [0.2, 0.25) is 0 Å². The standard InChI is InChI=1S/C26H36NO3P/c1-6-13-23(26(29)27-25-20(4)14-12-15-21(25)5)31(7-2,8-3)19-24(28)30-18-22-16-10-9-11-17-22/h9-12,14-17,23H,6-8,13,18-19H2,1-5H3/p+1. The fourth-order valence-corrected chi connectivity index (χ4v) is 8.15. The SMILES string of the molecule is CCCC(C(=O)Nc1c(C)cccc1C)[P+](CC)(CC)CC(=O)OCc1ccccc1. The predicted molar refractivity (Wildman–Crippen MR) is 132 cm³/mol. The Balaban J connectivity index is 2.19. The molecule has 0 saturated heterocycles. The van der Waals surface area contributed by atoms with Gasteiger partial charge in [0, 0.05) is 12.9 Å². The second-order valence-electron chi connectivity index (χ2n) is 8.22. The molecule has 0 aliphatic rings. The van der Waals surface area contributed by atoms with Crippen molar-refractivity contribution in [1.29, 1.82) is 0 Å². The summed E-state index contributed by atoms with van der Waals surface area (Å²) in [6.07, 6.45) is 3.77. The Bertz CT molecular complexity index is 842. The maximum Gasteiger partial charge on any atom is 0.344 e. The number of hydrogen-bond donors (Lipinski definition) is 1. The van der Waals surface area contributed by atoms with E-state index in [1.807, 2.05) is 62.4 Å². The fourth-order valence-electron chi connectivity index (χ4n) is 4.18. The number of nitrogens with one attached hydrogen (secondary N) is 1. The van der Waals surface area contributed by atoms with Crippen LogP contribution in [0.1, 0.15) is 50.3 Å². The molecule has 1 unspecified atom stereocenters. The van der Waals surface area contributed by atoms with Gasteiger partial charge < -0.3 is 10.1 Å². The molecule has 4 nitrogen and oxygen atoms in total. The molecule has 0 saturated carbocycles. The Morgan fingerprint density at radius 3 is 2.10 bits per heavy atom. The molecule has 1 amide bonds. The first-order chi connectivity index (χ1) is 14.9. The van der Waals surface area contributed by atoms with Gasteiger partial charge in [-0.2, -0.15) is 0 Å². The average Bonchev–Trinajstić information content (AvgIpc) is 2.78. The number of anilines is 1. The van der Waals surface area contributed by atoms with Crippen LogP contribution in [0.3, 0.4) is 0 Å². The molecular formula is C26H37NO3P+. The lowest BCUT2D eigenvalue weighted by Gasteiger charge is -2.32. The third kappa shape index (κ3) is 6.64. The van der Waals surface area contributed by atoms with E-state index in [9.17, 15) is 9.59 Å². The minimum atomic E-state index is -1.87. The normalized spacial score (nSPS) is 12.3. The largest absolute Gasteiger partial charge is 0.458 e. The Morgan fingerprint density at radius 2 is 1.55 bits per heavy atom. The highest BCUT2D eigenvalue weighted by Gasteiger charge is 2.48. The summed E-state index contributed by atoms with van der Waals surface area (Å²) in [5, 5.41) is 3.21. The smallest absolute Gasteiger partial charge is 0.344 e. The highest BCUT2D eigenvalue weighted by Crippen LogP contribution is 2.64. The zero-order chi connectivity index (χ0) is 22.9. The molecule has 0 radical (unpaired) electrons. The van der Waals surface area contributed by atoms with Crippen LogP contribution in [0.5, 0.6) is 0 Å². The number of hydrogen-bond acceptors (Lipinski definition) is 3. The summed E-state index contributed by atoms with van der Waals surface area (Å²) in [6, 6.07) is 15.8. The summed E-state index contributed by atoms with van der Waals surface area (Å²) < 4.78 is 5.61. The Morgan fingerprint density at radius 1 is 0.935 bits per heavy atom. The predicted octanol–water partition coefficient (Wildman–Crippen LogP) is 6.21. The second-order valence-corrected chi connectivity index (χ2v) is 12.9. The number of benzene rings is 2. The third-order valence-corrected chi connectivity index (χ3v) is 11.4. The first kappa shape index (κ1) is 25.1. The lowest BCUT2D eigenvalue weighted by Crippen LogP contribution is -2.35. The molecule has 1 N–H and O–H groups in total. The van der Waals surface area contributed by atoms with Gasteiger partial charge in [-0.25, -0.2) is 4.79 Å². The topological polar surface area (TPSA) is 55.4 Å². The van der Waals surface area contributed by atoms with Gasteiger partial charge in [-0.15, -0.1) is 0 Å². The van der Waals surface area contributed by atoms with Gasteiger partial charge in [0.25, 0.3) is 5.91 Å². The number of aryl methyl sites for hydroxylation is 2. The molecule has 0 spiro atoms. The molecule has 0 aromatic heterocycles. The number of esters is 1. The molecule has 0 fully saturated rings. The van der Waals surface area contributed by atoms with E-state index in [0.717, 1.165) is 47.5 Å². The zero-order valence-corrected chi connectivity index (χ0v) is 20.5. The minimum Gasteiger partial charge on any atom is -0.458 e. The van der Waals surface area contributed by atoms with Gasteiger partial charge in [-0.1, -0.05) is 61.9 Å². The second kappa shape index (κ2) is 12.0. The van der Waals surface area contributed by atoms with Crippen molar-refractivity contribution in [2.24, 2.45) is 0 Å². The van der Waals surface area contributed by atoms with Crippen LogP contribution in [0.2, 0.25) is 0 Å². The van der Waals surface area contributed by atoms with E-state index in [0.29, 0.717) is 6.16 Å². The van der Waals surface area contributed by atoms with Crippen LogP contribution in [0, 0.1) is 13.8 Å². The van der Waals surface area contributed by atoms with Crippen LogP contribution in [0.25, 0.3) is 0 Å². The van der Waals surface area contributed by atoms with Crippen molar-refractivity contribution < 1.29 is 14.3 Å². The van der Waals surface area contributed by atoms with Crippen LogP contribution in [0.4, 0.5) is 5.69 Å². The maximum absolute atomic E-state index is 13.5.